The average molecular weight is 606 g/mol. The van der Waals surface area contributed by atoms with Crippen molar-refractivity contribution in [2.75, 3.05) is 18.0 Å². The van der Waals surface area contributed by atoms with Crippen LogP contribution >= 0.6 is 23.2 Å². The van der Waals surface area contributed by atoms with E-state index < -0.39 is 28.9 Å². The maximum Gasteiger partial charge on any atom is 0.437 e. The number of nitrogens with zero attached hydrogens (tertiary/aromatic N) is 5. The van der Waals surface area contributed by atoms with Gasteiger partial charge in [0.2, 0.25) is 0 Å². The molecule has 0 bridgehead atoms. The zero-order chi connectivity index (χ0) is 30.3. The van der Waals surface area contributed by atoms with Crippen LogP contribution in [-0.4, -0.2) is 68.1 Å². The van der Waals surface area contributed by atoms with Gasteiger partial charge in [0.15, 0.2) is 17.8 Å². The Morgan fingerprint density at radius 3 is 2.24 bits per heavy atom. The molecule has 1 aliphatic rings. The first-order chi connectivity index (χ1) is 19.0. The molecule has 4 rings (SSSR count). The molecule has 0 saturated carbocycles. The number of hydrogen-bond acceptors (Lipinski definition) is 9. The second-order valence-electron chi connectivity index (χ2n) is 12.2. The van der Waals surface area contributed by atoms with Crippen LogP contribution in [0.3, 0.4) is 0 Å². The maximum atomic E-state index is 13.2. The van der Waals surface area contributed by atoms with E-state index in [1.165, 1.54) is 0 Å². The van der Waals surface area contributed by atoms with Gasteiger partial charge >= 0.3 is 12.2 Å². The summed E-state index contributed by atoms with van der Waals surface area (Å²) in [5.74, 6) is 0.292. The van der Waals surface area contributed by atoms with Crippen molar-refractivity contribution < 1.29 is 23.9 Å². The molecule has 1 amide bonds. The third-order valence-corrected chi connectivity index (χ3v) is 7.18. The van der Waals surface area contributed by atoms with Gasteiger partial charge in [0.05, 0.1) is 10.0 Å². The van der Waals surface area contributed by atoms with Crippen molar-refractivity contribution >= 4 is 58.7 Å². The summed E-state index contributed by atoms with van der Waals surface area (Å²) in [4.78, 5) is 49.1. The molecule has 0 spiro atoms. The van der Waals surface area contributed by atoms with Crippen molar-refractivity contribution in [2.24, 2.45) is 0 Å². The molecule has 13 heteroatoms. The molecule has 41 heavy (non-hydrogen) atoms. The minimum atomic E-state index is -0.805. The maximum absolute atomic E-state index is 13.2. The molecule has 1 saturated heterocycles. The molecule has 1 fully saturated rings. The highest BCUT2D eigenvalue weighted by molar-refractivity contribution is 6.43. The molecule has 1 aromatic carbocycles. The first kappa shape index (κ1) is 30.5. The van der Waals surface area contributed by atoms with Gasteiger partial charge < -0.3 is 19.7 Å². The second kappa shape index (κ2) is 11.1. The van der Waals surface area contributed by atoms with Crippen molar-refractivity contribution in [3.8, 4) is 11.3 Å². The Labute approximate surface area is 248 Å². The third-order valence-electron chi connectivity index (χ3n) is 6.36. The number of aldehydes is 1. The predicted octanol–water partition coefficient (Wildman–Crippen LogP) is 6.28. The van der Waals surface area contributed by atoms with Gasteiger partial charge in [-0.3, -0.25) is 4.79 Å². The first-order valence-corrected chi connectivity index (χ1v) is 14.0. The van der Waals surface area contributed by atoms with Crippen LogP contribution < -0.4 is 10.2 Å². The number of fused-ring (bicyclic) bond motifs is 1. The molecule has 0 aliphatic carbocycles. The third kappa shape index (κ3) is 6.90. The number of amides is 1. The number of nitrogens with one attached hydrogen (secondary N) is 1. The predicted molar refractivity (Wildman–Crippen MR) is 157 cm³/mol. The number of anilines is 1. The van der Waals surface area contributed by atoms with Gasteiger partial charge in [-0.25, -0.2) is 19.6 Å². The number of hydrogen-bond donors (Lipinski definition) is 1. The molecule has 0 radical (unpaired) electrons. The van der Waals surface area contributed by atoms with Crippen LogP contribution in [0.2, 0.25) is 10.0 Å². The Morgan fingerprint density at radius 2 is 1.66 bits per heavy atom. The van der Waals surface area contributed by atoms with E-state index >= 15 is 0 Å². The molecule has 3 heterocycles. The van der Waals surface area contributed by atoms with Gasteiger partial charge in [-0.15, -0.1) is 4.68 Å². The summed E-state index contributed by atoms with van der Waals surface area (Å²) < 4.78 is 12.0. The van der Waals surface area contributed by atoms with Crippen molar-refractivity contribution in [1.29, 1.82) is 0 Å². The SMILES string of the molecule is CC1(NC(=O)OC(C)(C)C)CCN(c2nc3c(nc2C=O)c(-c2cccc(Cl)c2Cl)nn3C(=O)OC(C)(C)C)CC1. The van der Waals surface area contributed by atoms with Crippen LogP contribution in [-0.2, 0) is 9.47 Å². The smallest absolute Gasteiger partial charge is 0.437 e. The number of carbonyl (C=O) groups excluding carboxylic acids is 3. The van der Waals surface area contributed by atoms with Gasteiger partial charge in [0, 0.05) is 24.2 Å². The van der Waals surface area contributed by atoms with Crippen LogP contribution in [0.5, 0.6) is 0 Å². The van der Waals surface area contributed by atoms with E-state index in [4.69, 9.17) is 37.7 Å². The van der Waals surface area contributed by atoms with Crippen LogP contribution in [0, 0.1) is 0 Å². The minimum Gasteiger partial charge on any atom is -0.444 e. The Bertz CT molecular complexity index is 1500. The first-order valence-electron chi connectivity index (χ1n) is 13.2. The summed E-state index contributed by atoms with van der Waals surface area (Å²) in [7, 11) is 0. The lowest BCUT2D eigenvalue weighted by molar-refractivity contribution is 0.0446. The molecule has 0 atom stereocenters. The van der Waals surface area contributed by atoms with Crippen LogP contribution in [0.25, 0.3) is 22.4 Å². The number of ether oxygens (including phenoxy) is 2. The van der Waals surface area contributed by atoms with Gasteiger partial charge in [-0.1, -0.05) is 35.3 Å². The van der Waals surface area contributed by atoms with Crippen molar-refractivity contribution in [3.05, 3.63) is 33.9 Å². The van der Waals surface area contributed by atoms with Gasteiger partial charge in [0.25, 0.3) is 0 Å². The van der Waals surface area contributed by atoms with Crippen molar-refractivity contribution in [3.63, 3.8) is 0 Å². The van der Waals surface area contributed by atoms with Crippen LogP contribution in [0.15, 0.2) is 18.2 Å². The Balaban J connectivity index is 1.74. The molecule has 11 nitrogen and oxygen atoms in total. The summed E-state index contributed by atoms with van der Waals surface area (Å²) >= 11 is 12.7. The normalized spacial score (nSPS) is 15.5. The number of benzene rings is 1. The molecule has 1 aliphatic heterocycles. The van der Waals surface area contributed by atoms with Gasteiger partial charge in [-0.2, -0.15) is 5.10 Å². The summed E-state index contributed by atoms with van der Waals surface area (Å²) in [5, 5.41) is 7.95. The van der Waals surface area contributed by atoms with E-state index in [1.807, 2.05) is 11.8 Å². The number of rotatable bonds is 4. The lowest BCUT2D eigenvalue weighted by Gasteiger charge is -2.40. The standard InChI is InChI=1S/C28H34Cl2N6O5/c1-26(2,3)40-24(38)33-28(7)11-13-35(14-12-28)22-18(15-37)31-21-20(16-9-8-10-17(29)19(16)30)34-36(23(21)32-22)25(39)41-27(4,5)6/h8-10,15H,11-14H2,1-7H3,(H,33,38). The number of carbonyl (C=O) groups is 3. The molecule has 2 aromatic heterocycles. The molecule has 0 unspecified atom stereocenters. The molecular formula is C28H34Cl2N6O5. The molecule has 3 aromatic rings. The quantitative estimate of drug-likeness (QED) is 0.342. The van der Waals surface area contributed by atoms with Gasteiger partial charge in [-0.05, 0) is 67.4 Å². The highest BCUT2D eigenvalue weighted by Crippen LogP contribution is 2.37. The fourth-order valence-corrected chi connectivity index (χ4v) is 4.82. The monoisotopic (exact) mass is 604 g/mol. The van der Waals surface area contributed by atoms with Crippen molar-refractivity contribution in [2.45, 2.75) is 78.0 Å². The summed E-state index contributed by atoms with van der Waals surface area (Å²) in [6, 6.07) is 5.01. The minimum absolute atomic E-state index is 0.0735. The largest absolute Gasteiger partial charge is 0.444 e. The van der Waals surface area contributed by atoms with E-state index in [0.29, 0.717) is 48.6 Å². The van der Waals surface area contributed by atoms with E-state index in [2.05, 4.69) is 15.4 Å². The lowest BCUT2D eigenvalue weighted by Crippen LogP contribution is -2.54. The average Bonchev–Trinajstić information content (AvgIpc) is 3.21. The molecular weight excluding hydrogens is 571 g/mol. The van der Waals surface area contributed by atoms with Crippen molar-refractivity contribution in [1.82, 2.24) is 25.1 Å². The van der Waals surface area contributed by atoms with Crippen LogP contribution in [0.4, 0.5) is 15.4 Å². The van der Waals surface area contributed by atoms with E-state index in [0.717, 1.165) is 4.68 Å². The zero-order valence-corrected chi connectivity index (χ0v) is 25.7. The highest BCUT2D eigenvalue weighted by Gasteiger charge is 2.35. The Kier molecular flexibility index (Phi) is 8.26. The molecule has 220 valence electrons. The fourth-order valence-electron chi connectivity index (χ4n) is 4.43. The number of halogens is 2. The lowest BCUT2D eigenvalue weighted by atomic mass is 9.89. The van der Waals surface area contributed by atoms with E-state index in [-0.39, 0.29) is 27.6 Å². The number of alkyl carbamates (subject to hydrolysis) is 1. The van der Waals surface area contributed by atoms with Gasteiger partial charge in [0.1, 0.15) is 28.1 Å². The van der Waals surface area contributed by atoms with E-state index in [1.54, 1.807) is 59.7 Å². The number of aromatic nitrogens is 4. The summed E-state index contributed by atoms with van der Waals surface area (Å²) in [6.07, 6.45) is 0.469. The second-order valence-corrected chi connectivity index (χ2v) is 13.0. The van der Waals surface area contributed by atoms with E-state index in [9.17, 15) is 14.4 Å². The zero-order valence-electron chi connectivity index (χ0n) is 24.2. The molecule has 1 N–H and O–H groups in total. The highest BCUT2D eigenvalue weighted by atomic mass is 35.5. The number of piperidine rings is 1. The summed E-state index contributed by atoms with van der Waals surface area (Å²) in [6.45, 7) is 13.5. The topological polar surface area (TPSA) is 129 Å². The van der Waals surface area contributed by atoms with Crippen LogP contribution in [0.1, 0.15) is 71.8 Å². The summed E-state index contributed by atoms with van der Waals surface area (Å²) in [5.41, 5.74) is -0.918. The fraction of sp³-hybridized carbons (Fsp3) is 0.500. The Morgan fingerprint density at radius 1 is 1.02 bits per heavy atom. The Hall–Kier alpha value is -3.44.